The summed E-state index contributed by atoms with van der Waals surface area (Å²) in [5, 5.41) is 0. The van der Waals surface area contributed by atoms with Crippen LogP contribution in [0.15, 0.2) is 24.5 Å². The molecule has 0 spiro atoms. The average molecular weight is 247 g/mol. The van der Waals surface area contributed by atoms with Crippen molar-refractivity contribution in [3.05, 3.63) is 30.1 Å². The number of aromatic nitrogens is 1. The van der Waals surface area contributed by atoms with Gasteiger partial charge in [-0.1, -0.05) is 0 Å². The van der Waals surface area contributed by atoms with E-state index in [2.05, 4.69) is 16.8 Å². The summed E-state index contributed by atoms with van der Waals surface area (Å²) in [4.78, 5) is 17.7. The number of carbonyl (C=O) groups excluding carboxylic acids is 1. The van der Waals surface area contributed by atoms with Crippen molar-refractivity contribution >= 4 is 5.91 Å². The normalized spacial score (nSPS) is 24.9. The molecule has 0 radical (unpaired) electrons. The van der Waals surface area contributed by atoms with E-state index < -0.39 is 0 Å². The van der Waals surface area contributed by atoms with Gasteiger partial charge < -0.3 is 5.73 Å². The van der Waals surface area contributed by atoms with Crippen LogP contribution in [0.1, 0.15) is 25.3 Å². The highest BCUT2D eigenvalue weighted by Gasteiger charge is 2.28. The molecule has 0 aromatic carbocycles. The van der Waals surface area contributed by atoms with E-state index in [0.717, 1.165) is 32.4 Å². The first-order chi connectivity index (χ1) is 8.66. The van der Waals surface area contributed by atoms with Crippen LogP contribution < -0.4 is 5.73 Å². The highest BCUT2D eigenvalue weighted by atomic mass is 16.1. The Morgan fingerprint density at radius 3 is 2.83 bits per heavy atom. The second-order valence-corrected chi connectivity index (χ2v) is 5.13. The highest BCUT2D eigenvalue weighted by Crippen LogP contribution is 2.21. The molecule has 1 fully saturated rings. The molecule has 1 aliphatic heterocycles. The molecule has 98 valence electrons. The zero-order valence-corrected chi connectivity index (χ0v) is 10.9. The molecule has 0 unspecified atom stereocenters. The van der Waals surface area contributed by atoms with Gasteiger partial charge in [0.2, 0.25) is 5.91 Å². The molecular formula is C14H21N3O. The molecule has 0 aliphatic carbocycles. The van der Waals surface area contributed by atoms with Crippen LogP contribution in [0.25, 0.3) is 0 Å². The second-order valence-electron chi connectivity index (χ2n) is 5.13. The highest BCUT2D eigenvalue weighted by molar-refractivity contribution is 5.76. The number of likely N-dealkylation sites (tertiary alicyclic amines) is 1. The van der Waals surface area contributed by atoms with E-state index in [4.69, 9.17) is 5.73 Å². The SMILES string of the molecule is C[C@@H]1CC[C@H](C(N)=O)CN1CCc1ccncc1. The van der Waals surface area contributed by atoms with Crippen LogP contribution in [0.2, 0.25) is 0 Å². The van der Waals surface area contributed by atoms with Gasteiger partial charge in [0, 0.05) is 31.5 Å². The van der Waals surface area contributed by atoms with Gasteiger partial charge in [0.05, 0.1) is 5.92 Å². The fraction of sp³-hybridized carbons (Fsp3) is 0.571. The Morgan fingerprint density at radius 2 is 2.17 bits per heavy atom. The number of pyridine rings is 1. The molecule has 1 aliphatic rings. The van der Waals surface area contributed by atoms with Crippen molar-refractivity contribution in [2.24, 2.45) is 11.7 Å². The van der Waals surface area contributed by atoms with Gasteiger partial charge in [0.1, 0.15) is 0 Å². The number of piperidine rings is 1. The van der Waals surface area contributed by atoms with Gasteiger partial charge in [0.25, 0.3) is 0 Å². The molecule has 18 heavy (non-hydrogen) atoms. The van der Waals surface area contributed by atoms with Crippen LogP contribution in [-0.2, 0) is 11.2 Å². The number of rotatable bonds is 4. The maximum absolute atomic E-state index is 11.3. The van der Waals surface area contributed by atoms with Gasteiger partial charge in [-0.2, -0.15) is 0 Å². The summed E-state index contributed by atoms with van der Waals surface area (Å²) in [6, 6.07) is 4.63. The molecule has 1 aromatic rings. The molecule has 2 rings (SSSR count). The van der Waals surface area contributed by atoms with Gasteiger partial charge in [0.15, 0.2) is 0 Å². The maximum atomic E-state index is 11.3. The Labute approximate surface area is 108 Å². The first kappa shape index (κ1) is 13.0. The monoisotopic (exact) mass is 247 g/mol. The lowest BCUT2D eigenvalue weighted by molar-refractivity contribution is -0.123. The fourth-order valence-electron chi connectivity index (χ4n) is 2.55. The van der Waals surface area contributed by atoms with Gasteiger partial charge in [-0.15, -0.1) is 0 Å². The average Bonchev–Trinajstić information content (AvgIpc) is 2.38. The Kier molecular flexibility index (Phi) is 4.31. The van der Waals surface area contributed by atoms with Gasteiger partial charge in [-0.05, 0) is 43.9 Å². The van der Waals surface area contributed by atoms with Crippen molar-refractivity contribution < 1.29 is 4.79 Å². The van der Waals surface area contributed by atoms with E-state index in [9.17, 15) is 4.79 Å². The number of primary amides is 1. The Morgan fingerprint density at radius 1 is 1.44 bits per heavy atom. The van der Waals surface area contributed by atoms with E-state index in [0.29, 0.717) is 6.04 Å². The summed E-state index contributed by atoms with van der Waals surface area (Å²) in [7, 11) is 0. The minimum atomic E-state index is -0.157. The minimum absolute atomic E-state index is 0.0265. The summed E-state index contributed by atoms with van der Waals surface area (Å²) >= 11 is 0. The molecule has 2 N–H and O–H groups in total. The third kappa shape index (κ3) is 3.29. The number of hydrogen-bond donors (Lipinski definition) is 1. The molecule has 1 amide bonds. The van der Waals surface area contributed by atoms with Crippen molar-refractivity contribution in [3.8, 4) is 0 Å². The summed E-state index contributed by atoms with van der Waals surface area (Å²) in [5.41, 5.74) is 6.70. The standard InChI is InChI=1S/C14H21N3O/c1-11-2-3-13(14(15)18)10-17(11)9-6-12-4-7-16-8-5-12/h4-5,7-8,11,13H,2-3,6,9-10H2,1H3,(H2,15,18)/t11-,13+/m1/s1. The molecule has 1 aromatic heterocycles. The summed E-state index contributed by atoms with van der Waals surface area (Å²) in [6.45, 7) is 4.01. The van der Waals surface area contributed by atoms with E-state index in [1.807, 2.05) is 24.5 Å². The quantitative estimate of drug-likeness (QED) is 0.870. The van der Waals surface area contributed by atoms with E-state index in [1.54, 1.807) is 0 Å². The lowest BCUT2D eigenvalue weighted by atomic mass is 9.92. The molecule has 4 nitrogen and oxygen atoms in total. The number of hydrogen-bond acceptors (Lipinski definition) is 3. The van der Waals surface area contributed by atoms with Crippen LogP contribution >= 0.6 is 0 Å². The van der Waals surface area contributed by atoms with Crippen molar-refractivity contribution in [3.63, 3.8) is 0 Å². The molecule has 4 heteroatoms. The number of nitrogens with zero attached hydrogens (tertiary/aromatic N) is 2. The lowest BCUT2D eigenvalue weighted by Gasteiger charge is -2.36. The summed E-state index contributed by atoms with van der Waals surface area (Å²) in [6.07, 6.45) is 6.63. The van der Waals surface area contributed by atoms with Gasteiger partial charge in [-0.25, -0.2) is 0 Å². The van der Waals surface area contributed by atoms with Crippen molar-refractivity contribution in [1.82, 2.24) is 9.88 Å². The number of carbonyl (C=O) groups is 1. The van der Waals surface area contributed by atoms with Crippen LogP contribution in [0.3, 0.4) is 0 Å². The van der Waals surface area contributed by atoms with Crippen LogP contribution in [0.4, 0.5) is 0 Å². The molecule has 0 saturated carbocycles. The predicted molar refractivity (Wildman–Crippen MR) is 70.9 cm³/mol. The van der Waals surface area contributed by atoms with Gasteiger partial charge >= 0.3 is 0 Å². The molecule has 2 atom stereocenters. The Balaban J connectivity index is 1.89. The lowest BCUT2D eigenvalue weighted by Crippen LogP contribution is -2.46. The third-order valence-corrected chi connectivity index (χ3v) is 3.85. The first-order valence-electron chi connectivity index (χ1n) is 6.59. The maximum Gasteiger partial charge on any atom is 0.221 e. The zero-order valence-electron chi connectivity index (χ0n) is 10.9. The van der Waals surface area contributed by atoms with Crippen molar-refractivity contribution in [2.75, 3.05) is 13.1 Å². The Bertz CT molecular complexity index is 393. The van der Waals surface area contributed by atoms with E-state index in [-0.39, 0.29) is 11.8 Å². The topological polar surface area (TPSA) is 59.2 Å². The van der Waals surface area contributed by atoms with Crippen LogP contribution in [-0.4, -0.2) is 34.9 Å². The largest absolute Gasteiger partial charge is 0.369 e. The van der Waals surface area contributed by atoms with Crippen LogP contribution in [0, 0.1) is 5.92 Å². The number of nitrogens with two attached hydrogens (primary N) is 1. The minimum Gasteiger partial charge on any atom is -0.369 e. The summed E-state index contributed by atoms with van der Waals surface area (Å²) in [5.74, 6) is -0.130. The fourth-order valence-corrected chi connectivity index (χ4v) is 2.55. The van der Waals surface area contributed by atoms with Crippen molar-refractivity contribution in [1.29, 1.82) is 0 Å². The van der Waals surface area contributed by atoms with E-state index in [1.165, 1.54) is 5.56 Å². The Hall–Kier alpha value is -1.42. The zero-order chi connectivity index (χ0) is 13.0. The van der Waals surface area contributed by atoms with Crippen LogP contribution in [0.5, 0.6) is 0 Å². The molecule has 1 saturated heterocycles. The summed E-state index contributed by atoms with van der Waals surface area (Å²) < 4.78 is 0. The van der Waals surface area contributed by atoms with E-state index >= 15 is 0 Å². The third-order valence-electron chi connectivity index (χ3n) is 3.85. The van der Waals surface area contributed by atoms with Crippen molar-refractivity contribution in [2.45, 2.75) is 32.2 Å². The molecular weight excluding hydrogens is 226 g/mol. The van der Waals surface area contributed by atoms with Gasteiger partial charge in [-0.3, -0.25) is 14.7 Å². The predicted octanol–water partition coefficient (Wildman–Crippen LogP) is 1.21. The smallest absolute Gasteiger partial charge is 0.221 e. The number of amides is 1. The second kappa shape index (κ2) is 5.96. The molecule has 0 bridgehead atoms. The molecule has 2 heterocycles. The first-order valence-corrected chi connectivity index (χ1v) is 6.59.